The third-order valence-electron chi connectivity index (χ3n) is 2.08. The molecule has 0 saturated heterocycles. The fraction of sp³-hybridized carbons (Fsp3) is 0.100. The number of rotatable bonds is 3. The van der Waals surface area contributed by atoms with Crippen molar-refractivity contribution in [3.63, 3.8) is 0 Å². The molecule has 18 heavy (non-hydrogen) atoms. The Labute approximate surface area is 122 Å². The number of aromatic nitrogens is 1. The molecule has 0 amide bonds. The lowest BCUT2D eigenvalue weighted by Crippen LogP contribution is -2.11. The summed E-state index contributed by atoms with van der Waals surface area (Å²) in [6.45, 7) is 1.84. The maximum atomic E-state index is 12.1. The summed E-state index contributed by atoms with van der Waals surface area (Å²) in [5, 5.41) is 0.313. The first-order valence-corrected chi connectivity index (χ1v) is 8.26. The topological polar surface area (TPSA) is 59.1 Å². The molecule has 2 rings (SSSR count). The van der Waals surface area contributed by atoms with Gasteiger partial charge in [0.05, 0.1) is 15.7 Å². The number of halogens is 2. The minimum atomic E-state index is -3.57. The van der Waals surface area contributed by atoms with Crippen molar-refractivity contribution in [2.75, 3.05) is 4.72 Å². The molecule has 0 saturated carbocycles. The molecule has 0 aliphatic rings. The molecule has 0 bridgehead atoms. The van der Waals surface area contributed by atoms with Crippen molar-refractivity contribution < 1.29 is 8.42 Å². The van der Waals surface area contributed by atoms with E-state index in [1.54, 1.807) is 12.1 Å². The lowest BCUT2D eigenvalue weighted by atomic mass is 10.4. The molecule has 4 nitrogen and oxygen atoms in total. The van der Waals surface area contributed by atoms with Crippen LogP contribution in [0.1, 0.15) is 5.56 Å². The van der Waals surface area contributed by atoms with Crippen LogP contribution in [0.5, 0.6) is 0 Å². The predicted molar refractivity (Wildman–Crippen MR) is 76.8 cm³/mol. The van der Waals surface area contributed by atoms with Gasteiger partial charge >= 0.3 is 0 Å². The Morgan fingerprint density at radius 3 is 2.67 bits per heavy atom. The van der Waals surface area contributed by atoms with E-state index in [1.165, 1.54) is 12.3 Å². The molecular weight excluding hydrogens is 360 g/mol. The zero-order valence-corrected chi connectivity index (χ0v) is 13.1. The number of pyridine rings is 1. The first-order valence-electron chi connectivity index (χ1n) is 4.79. The molecule has 0 spiro atoms. The normalized spacial score (nSPS) is 11.5. The van der Waals surface area contributed by atoms with Crippen molar-refractivity contribution in [3.8, 4) is 0 Å². The summed E-state index contributed by atoms with van der Waals surface area (Å²) in [5.41, 5.74) is 1.26. The van der Waals surface area contributed by atoms with Gasteiger partial charge in [-0.3, -0.25) is 4.72 Å². The van der Waals surface area contributed by atoms with Crippen LogP contribution in [0, 0.1) is 6.92 Å². The largest absolute Gasteiger partial charge is 0.277 e. The molecule has 96 valence electrons. The van der Waals surface area contributed by atoms with Crippen molar-refractivity contribution in [1.29, 1.82) is 0 Å². The number of nitrogens with one attached hydrogen (secondary N) is 1. The summed E-state index contributed by atoms with van der Waals surface area (Å²) in [4.78, 5) is 3.81. The Hall–Kier alpha value is -0.630. The van der Waals surface area contributed by atoms with Crippen molar-refractivity contribution in [1.82, 2.24) is 4.98 Å². The fourth-order valence-corrected chi connectivity index (χ4v) is 4.59. The van der Waals surface area contributed by atoms with Crippen LogP contribution >= 0.6 is 38.9 Å². The molecule has 0 atom stereocenters. The van der Waals surface area contributed by atoms with Crippen LogP contribution in [0.25, 0.3) is 0 Å². The van der Waals surface area contributed by atoms with Gasteiger partial charge in [-0.2, -0.15) is 0 Å². The van der Waals surface area contributed by atoms with E-state index < -0.39 is 10.0 Å². The van der Waals surface area contributed by atoms with E-state index in [0.717, 1.165) is 20.7 Å². The van der Waals surface area contributed by atoms with Crippen molar-refractivity contribution in [3.05, 3.63) is 38.9 Å². The fourth-order valence-electron chi connectivity index (χ4n) is 1.21. The summed E-state index contributed by atoms with van der Waals surface area (Å²) in [7, 11) is -3.57. The molecule has 1 N–H and O–H groups in total. The minimum Gasteiger partial charge on any atom is -0.277 e. The molecule has 0 aliphatic heterocycles. The number of hydrogen-bond donors (Lipinski definition) is 1. The summed E-state index contributed by atoms with van der Waals surface area (Å²) < 4.78 is 27.6. The summed E-state index contributed by atoms with van der Waals surface area (Å²) in [6.07, 6.45) is 1.37. The van der Waals surface area contributed by atoms with Crippen LogP contribution in [0.2, 0.25) is 5.15 Å². The lowest BCUT2D eigenvalue weighted by Gasteiger charge is -2.05. The van der Waals surface area contributed by atoms with Crippen LogP contribution in [-0.2, 0) is 10.0 Å². The molecule has 0 fully saturated rings. The predicted octanol–water partition coefficient (Wildman–Crippen LogP) is 3.67. The second kappa shape index (κ2) is 5.16. The molecule has 0 aromatic carbocycles. The van der Waals surface area contributed by atoms with E-state index in [-0.39, 0.29) is 4.21 Å². The molecular formula is C10H8BrClN2O2S2. The second-order valence-corrected chi connectivity index (χ2v) is 8.16. The maximum Gasteiger partial charge on any atom is 0.271 e. The molecule has 2 aromatic heterocycles. The standard InChI is InChI=1S/C10H8BrClN2O2S2/c1-6-4-9(17-10(6)11)18(15,16)14-7-2-3-8(12)13-5-7/h2-5,14H,1H3. The van der Waals surface area contributed by atoms with Gasteiger partial charge in [0.15, 0.2) is 0 Å². The van der Waals surface area contributed by atoms with Crippen LogP contribution in [0.3, 0.4) is 0 Å². The number of aryl methyl sites for hydroxylation is 1. The van der Waals surface area contributed by atoms with Gasteiger partial charge in [-0.25, -0.2) is 13.4 Å². The monoisotopic (exact) mass is 366 g/mol. The van der Waals surface area contributed by atoms with Gasteiger partial charge in [0, 0.05) is 0 Å². The number of anilines is 1. The smallest absolute Gasteiger partial charge is 0.271 e. The van der Waals surface area contributed by atoms with Gasteiger partial charge in [0.1, 0.15) is 9.36 Å². The zero-order chi connectivity index (χ0) is 13.3. The van der Waals surface area contributed by atoms with Gasteiger partial charge in [-0.15, -0.1) is 11.3 Å². The summed E-state index contributed by atoms with van der Waals surface area (Å²) in [5.74, 6) is 0. The van der Waals surface area contributed by atoms with E-state index in [9.17, 15) is 8.42 Å². The average molecular weight is 368 g/mol. The zero-order valence-electron chi connectivity index (χ0n) is 9.15. The Kier molecular flexibility index (Phi) is 3.96. The van der Waals surface area contributed by atoms with E-state index in [4.69, 9.17) is 11.6 Å². The minimum absolute atomic E-state index is 0.252. The summed E-state index contributed by atoms with van der Waals surface area (Å²) >= 11 is 10.1. The van der Waals surface area contributed by atoms with Gasteiger partial charge < -0.3 is 0 Å². The third kappa shape index (κ3) is 3.03. The van der Waals surface area contributed by atoms with E-state index in [0.29, 0.717) is 10.8 Å². The Balaban J connectivity index is 2.29. The van der Waals surface area contributed by atoms with E-state index >= 15 is 0 Å². The molecule has 0 aliphatic carbocycles. The molecule has 0 unspecified atom stereocenters. The van der Waals surface area contributed by atoms with Crippen molar-refractivity contribution in [2.24, 2.45) is 0 Å². The number of sulfonamides is 1. The summed E-state index contributed by atoms with van der Waals surface area (Å²) in [6, 6.07) is 4.69. The molecule has 2 heterocycles. The van der Waals surface area contributed by atoms with Gasteiger partial charge in [0.2, 0.25) is 0 Å². The third-order valence-corrected chi connectivity index (χ3v) is 6.29. The highest BCUT2D eigenvalue weighted by Crippen LogP contribution is 2.31. The van der Waals surface area contributed by atoms with Gasteiger partial charge in [0.25, 0.3) is 10.0 Å². The SMILES string of the molecule is Cc1cc(S(=O)(=O)Nc2ccc(Cl)nc2)sc1Br. The molecule has 0 radical (unpaired) electrons. The van der Waals surface area contributed by atoms with E-state index in [1.807, 2.05) is 6.92 Å². The van der Waals surface area contributed by atoms with Crippen LogP contribution in [0.15, 0.2) is 32.4 Å². The maximum absolute atomic E-state index is 12.1. The van der Waals surface area contributed by atoms with Crippen LogP contribution in [-0.4, -0.2) is 13.4 Å². The number of thiophene rings is 1. The second-order valence-electron chi connectivity index (χ2n) is 3.50. The lowest BCUT2D eigenvalue weighted by molar-refractivity contribution is 0.603. The first-order chi connectivity index (χ1) is 8.38. The highest BCUT2D eigenvalue weighted by Gasteiger charge is 2.18. The van der Waals surface area contributed by atoms with Gasteiger partial charge in [-0.05, 0) is 46.6 Å². The number of nitrogens with zero attached hydrogens (tertiary/aromatic N) is 1. The Morgan fingerprint density at radius 2 is 2.17 bits per heavy atom. The molecule has 2 aromatic rings. The van der Waals surface area contributed by atoms with Crippen LogP contribution < -0.4 is 4.72 Å². The highest BCUT2D eigenvalue weighted by atomic mass is 79.9. The first kappa shape index (κ1) is 13.8. The average Bonchev–Trinajstić information content (AvgIpc) is 2.63. The number of hydrogen-bond acceptors (Lipinski definition) is 4. The van der Waals surface area contributed by atoms with Crippen LogP contribution in [0.4, 0.5) is 5.69 Å². The van der Waals surface area contributed by atoms with Gasteiger partial charge in [-0.1, -0.05) is 11.6 Å². The highest BCUT2D eigenvalue weighted by molar-refractivity contribution is 9.11. The molecule has 8 heteroatoms. The van der Waals surface area contributed by atoms with E-state index in [2.05, 4.69) is 25.6 Å². The Morgan fingerprint density at radius 1 is 1.44 bits per heavy atom. The Bertz CT molecular complexity index is 648. The quantitative estimate of drug-likeness (QED) is 0.842. The van der Waals surface area contributed by atoms with Crippen molar-refractivity contribution >= 4 is 54.6 Å². The van der Waals surface area contributed by atoms with Crippen molar-refractivity contribution in [2.45, 2.75) is 11.1 Å².